The summed E-state index contributed by atoms with van der Waals surface area (Å²) in [6.45, 7) is 3.61. The van der Waals surface area contributed by atoms with Gasteiger partial charge in [0.1, 0.15) is 11.5 Å². The Balaban J connectivity index is 2.18. The van der Waals surface area contributed by atoms with Gasteiger partial charge in [0.25, 0.3) is 5.91 Å². The molecule has 0 fully saturated rings. The van der Waals surface area contributed by atoms with Crippen molar-refractivity contribution in [2.75, 3.05) is 5.32 Å². The van der Waals surface area contributed by atoms with E-state index in [0.717, 1.165) is 11.4 Å². The Bertz CT molecular complexity index is 500. The van der Waals surface area contributed by atoms with E-state index in [1.54, 1.807) is 13.0 Å². The van der Waals surface area contributed by atoms with E-state index in [4.69, 9.17) is 4.42 Å². The van der Waals surface area contributed by atoms with Crippen LogP contribution in [0.15, 0.2) is 40.8 Å². The van der Waals surface area contributed by atoms with Crippen molar-refractivity contribution in [1.82, 2.24) is 0 Å². The molecule has 0 spiro atoms. The highest BCUT2D eigenvalue weighted by Gasteiger charge is 2.13. The number of furan rings is 1. The van der Waals surface area contributed by atoms with Crippen molar-refractivity contribution in [3.63, 3.8) is 0 Å². The van der Waals surface area contributed by atoms with Crippen molar-refractivity contribution in [1.29, 1.82) is 0 Å². The fourth-order valence-corrected chi connectivity index (χ4v) is 1.58. The van der Waals surface area contributed by atoms with Crippen molar-refractivity contribution in [2.45, 2.75) is 13.8 Å². The van der Waals surface area contributed by atoms with Crippen LogP contribution in [0, 0.1) is 13.8 Å². The number of para-hydroxylation sites is 1. The largest absolute Gasteiger partial charge is 0.466 e. The van der Waals surface area contributed by atoms with E-state index in [2.05, 4.69) is 5.32 Å². The molecule has 16 heavy (non-hydrogen) atoms. The monoisotopic (exact) mass is 215 g/mol. The molecule has 0 radical (unpaired) electrons. The molecule has 0 bridgehead atoms. The number of amides is 1. The Hall–Kier alpha value is -2.03. The van der Waals surface area contributed by atoms with E-state index >= 15 is 0 Å². The third-order valence-electron chi connectivity index (χ3n) is 2.32. The Morgan fingerprint density at radius 1 is 1.19 bits per heavy atom. The van der Waals surface area contributed by atoms with Gasteiger partial charge in [0.15, 0.2) is 0 Å². The molecule has 0 unspecified atom stereocenters. The molecule has 0 aliphatic heterocycles. The van der Waals surface area contributed by atoms with Gasteiger partial charge in [-0.2, -0.15) is 0 Å². The van der Waals surface area contributed by atoms with E-state index in [0.29, 0.717) is 11.3 Å². The van der Waals surface area contributed by atoms with E-state index in [9.17, 15) is 4.79 Å². The van der Waals surface area contributed by atoms with Crippen LogP contribution in [-0.2, 0) is 0 Å². The van der Waals surface area contributed by atoms with Crippen LogP contribution >= 0.6 is 0 Å². The fraction of sp³-hybridized carbons (Fsp3) is 0.154. The van der Waals surface area contributed by atoms with Crippen LogP contribution in [-0.4, -0.2) is 5.91 Å². The lowest BCUT2D eigenvalue weighted by molar-refractivity contribution is 0.102. The predicted molar refractivity (Wildman–Crippen MR) is 62.6 cm³/mol. The van der Waals surface area contributed by atoms with Gasteiger partial charge in [0.2, 0.25) is 0 Å². The van der Waals surface area contributed by atoms with Gasteiger partial charge in [-0.1, -0.05) is 18.2 Å². The molecule has 0 aliphatic rings. The zero-order chi connectivity index (χ0) is 11.5. The summed E-state index contributed by atoms with van der Waals surface area (Å²) in [5, 5.41) is 2.81. The zero-order valence-electron chi connectivity index (χ0n) is 9.28. The summed E-state index contributed by atoms with van der Waals surface area (Å²) in [6.07, 6.45) is 0. The lowest BCUT2D eigenvalue weighted by Gasteiger charge is -2.03. The number of carbonyl (C=O) groups is 1. The van der Waals surface area contributed by atoms with Crippen LogP contribution in [0.2, 0.25) is 0 Å². The number of hydrogen-bond donors (Lipinski definition) is 1. The summed E-state index contributed by atoms with van der Waals surface area (Å²) in [5.41, 5.74) is 1.37. The maximum Gasteiger partial charge on any atom is 0.259 e. The molecule has 2 aromatic rings. The minimum absolute atomic E-state index is 0.138. The van der Waals surface area contributed by atoms with Gasteiger partial charge < -0.3 is 9.73 Å². The first-order valence-corrected chi connectivity index (χ1v) is 5.10. The van der Waals surface area contributed by atoms with Crippen LogP contribution in [0.5, 0.6) is 0 Å². The second-order valence-corrected chi connectivity index (χ2v) is 3.65. The Morgan fingerprint density at radius 3 is 2.44 bits per heavy atom. The Kier molecular flexibility index (Phi) is 2.77. The molecular weight excluding hydrogens is 202 g/mol. The van der Waals surface area contributed by atoms with Crippen LogP contribution in [0.1, 0.15) is 21.9 Å². The smallest absolute Gasteiger partial charge is 0.259 e. The topological polar surface area (TPSA) is 42.2 Å². The van der Waals surface area contributed by atoms with Crippen molar-refractivity contribution in [2.24, 2.45) is 0 Å². The zero-order valence-corrected chi connectivity index (χ0v) is 9.28. The molecule has 3 heteroatoms. The van der Waals surface area contributed by atoms with Gasteiger partial charge in [-0.25, -0.2) is 0 Å². The lowest BCUT2D eigenvalue weighted by Crippen LogP contribution is -2.11. The molecule has 3 nitrogen and oxygen atoms in total. The first-order chi connectivity index (χ1) is 7.66. The van der Waals surface area contributed by atoms with Crippen molar-refractivity contribution >= 4 is 11.6 Å². The average Bonchev–Trinajstić information content (AvgIpc) is 2.59. The van der Waals surface area contributed by atoms with E-state index in [1.165, 1.54) is 0 Å². The number of nitrogens with one attached hydrogen (secondary N) is 1. The van der Waals surface area contributed by atoms with Gasteiger partial charge in [-0.3, -0.25) is 4.79 Å². The summed E-state index contributed by atoms with van der Waals surface area (Å²) in [4.78, 5) is 11.9. The predicted octanol–water partition coefficient (Wildman–Crippen LogP) is 3.15. The molecule has 2 rings (SSSR count). The first kappa shape index (κ1) is 10.5. The SMILES string of the molecule is Cc1cc(C(=O)Nc2ccccc2)c(C)o1. The number of carbonyl (C=O) groups excluding carboxylic acids is 1. The molecule has 0 saturated heterocycles. The number of aryl methyl sites for hydroxylation is 2. The minimum Gasteiger partial charge on any atom is -0.466 e. The maximum atomic E-state index is 11.9. The number of benzene rings is 1. The number of rotatable bonds is 2. The Labute approximate surface area is 94.1 Å². The molecule has 1 amide bonds. The third-order valence-corrected chi connectivity index (χ3v) is 2.32. The summed E-state index contributed by atoms with van der Waals surface area (Å²) >= 11 is 0. The standard InChI is InChI=1S/C13H13NO2/c1-9-8-12(10(2)16-9)13(15)14-11-6-4-3-5-7-11/h3-8H,1-2H3,(H,14,15). The summed E-state index contributed by atoms with van der Waals surface area (Å²) in [7, 11) is 0. The second-order valence-electron chi connectivity index (χ2n) is 3.65. The molecule has 0 atom stereocenters. The highest BCUT2D eigenvalue weighted by molar-refractivity contribution is 6.05. The normalized spacial score (nSPS) is 10.1. The molecule has 0 saturated carbocycles. The molecule has 0 aliphatic carbocycles. The Morgan fingerprint density at radius 2 is 1.88 bits per heavy atom. The second kappa shape index (κ2) is 4.23. The maximum absolute atomic E-state index is 11.9. The third kappa shape index (κ3) is 2.14. The lowest BCUT2D eigenvalue weighted by atomic mass is 10.2. The van der Waals surface area contributed by atoms with Crippen LogP contribution in [0.4, 0.5) is 5.69 Å². The fourth-order valence-electron chi connectivity index (χ4n) is 1.58. The van der Waals surface area contributed by atoms with Crippen molar-refractivity contribution in [3.8, 4) is 0 Å². The molecule has 82 valence electrons. The van der Waals surface area contributed by atoms with Crippen LogP contribution in [0.3, 0.4) is 0 Å². The highest BCUT2D eigenvalue weighted by Crippen LogP contribution is 2.15. The van der Waals surface area contributed by atoms with Gasteiger partial charge in [0, 0.05) is 5.69 Å². The highest BCUT2D eigenvalue weighted by atomic mass is 16.3. The summed E-state index contributed by atoms with van der Waals surface area (Å²) in [6, 6.07) is 11.1. The molecule has 1 aromatic heterocycles. The van der Waals surface area contributed by atoms with Crippen molar-refractivity contribution in [3.05, 3.63) is 53.5 Å². The minimum atomic E-state index is -0.138. The first-order valence-electron chi connectivity index (χ1n) is 5.10. The van der Waals surface area contributed by atoms with Gasteiger partial charge in [-0.05, 0) is 32.0 Å². The summed E-state index contributed by atoms with van der Waals surface area (Å²) < 4.78 is 5.31. The molecule has 1 heterocycles. The number of anilines is 1. The van der Waals surface area contributed by atoms with Crippen LogP contribution < -0.4 is 5.32 Å². The number of hydrogen-bond acceptors (Lipinski definition) is 2. The van der Waals surface area contributed by atoms with Gasteiger partial charge >= 0.3 is 0 Å². The molecule has 1 aromatic carbocycles. The van der Waals surface area contributed by atoms with Gasteiger partial charge in [0.05, 0.1) is 5.56 Å². The van der Waals surface area contributed by atoms with E-state index < -0.39 is 0 Å². The molecular formula is C13H13NO2. The van der Waals surface area contributed by atoms with Crippen molar-refractivity contribution < 1.29 is 9.21 Å². The average molecular weight is 215 g/mol. The van der Waals surface area contributed by atoms with Crippen LogP contribution in [0.25, 0.3) is 0 Å². The van der Waals surface area contributed by atoms with Gasteiger partial charge in [-0.15, -0.1) is 0 Å². The van der Waals surface area contributed by atoms with E-state index in [-0.39, 0.29) is 5.91 Å². The van der Waals surface area contributed by atoms with E-state index in [1.807, 2.05) is 37.3 Å². The quantitative estimate of drug-likeness (QED) is 0.836. The molecule has 1 N–H and O–H groups in total. The summed E-state index contributed by atoms with van der Waals surface area (Å²) in [5.74, 6) is 1.25.